The van der Waals surface area contributed by atoms with Crippen LogP contribution < -0.4 is 0 Å². The van der Waals surface area contributed by atoms with E-state index in [0.717, 1.165) is 16.0 Å². The second kappa shape index (κ2) is 4.24. The van der Waals surface area contributed by atoms with Crippen molar-refractivity contribution >= 4 is 17.6 Å². The Balaban J connectivity index is 1.87. The minimum Gasteiger partial charge on any atom is -0.395 e. The van der Waals surface area contributed by atoms with E-state index in [1.54, 1.807) is 0 Å². The van der Waals surface area contributed by atoms with Gasteiger partial charge in [0.15, 0.2) is 0 Å². The van der Waals surface area contributed by atoms with Crippen LogP contribution in [-0.2, 0) is 14.4 Å². The largest absolute Gasteiger partial charge is 0.395 e. The molecule has 2 fully saturated rings. The van der Waals surface area contributed by atoms with Crippen molar-refractivity contribution in [1.82, 2.24) is 4.90 Å². The van der Waals surface area contributed by atoms with Gasteiger partial charge >= 0.3 is 0 Å². The van der Waals surface area contributed by atoms with Crippen molar-refractivity contribution in [3.05, 3.63) is 35.4 Å². The van der Waals surface area contributed by atoms with Crippen LogP contribution >= 0.6 is 0 Å². The lowest BCUT2D eigenvalue weighted by atomic mass is 9.56. The Hall–Kier alpha value is -2.01. The molecule has 3 aliphatic carbocycles. The fourth-order valence-electron chi connectivity index (χ4n) is 4.34. The van der Waals surface area contributed by atoms with Gasteiger partial charge in [0.1, 0.15) is 5.78 Å². The third-order valence-electron chi connectivity index (χ3n) is 5.10. The Morgan fingerprint density at radius 1 is 1.05 bits per heavy atom. The summed E-state index contributed by atoms with van der Waals surface area (Å²) in [7, 11) is 0. The highest BCUT2D eigenvalue weighted by molar-refractivity contribution is 6.11. The summed E-state index contributed by atoms with van der Waals surface area (Å²) in [6.07, 6.45) is 0.342. The van der Waals surface area contributed by atoms with Gasteiger partial charge in [-0.2, -0.15) is 0 Å². The molecule has 1 aliphatic heterocycles. The Bertz CT molecular complexity index is 668. The van der Waals surface area contributed by atoms with Crippen LogP contribution in [0.15, 0.2) is 24.3 Å². The van der Waals surface area contributed by atoms with Crippen molar-refractivity contribution in [2.75, 3.05) is 13.2 Å². The van der Waals surface area contributed by atoms with Crippen LogP contribution in [0.2, 0.25) is 0 Å². The molecule has 108 valence electrons. The summed E-state index contributed by atoms with van der Waals surface area (Å²) in [5, 5.41) is 9.06. The fraction of sp³-hybridized carbons (Fsp3) is 0.438. The minimum absolute atomic E-state index is 0.0225. The van der Waals surface area contributed by atoms with Gasteiger partial charge in [0.2, 0.25) is 11.8 Å². The molecule has 5 rings (SSSR count). The van der Waals surface area contributed by atoms with Crippen molar-refractivity contribution in [2.45, 2.75) is 18.3 Å². The monoisotopic (exact) mass is 285 g/mol. The fourth-order valence-corrected chi connectivity index (χ4v) is 4.34. The van der Waals surface area contributed by atoms with Crippen LogP contribution in [-0.4, -0.2) is 40.8 Å². The predicted octanol–water partition coefficient (Wildman–Crippen LogP) is 0.434. The lowest BCUT2D eigenvalue weighted by Crippen LogP contribution is -2.44. The number of ketones is 1. The number of aliphatic hydroxyl groups is 1. The molecule has 2 bridgehead atoms. The molecule has 1 saturated heterocycles. The van der Waals surface area contributed by atoms with E-state index in [4.69, 9.17) is 5.11 Å². The average Bonchev–Trinajstić information content (AvgIpc) is 2.74. The van der Waals surface area contributed by atoms with E-state index >= 15 is 0 Å². The summed E-state index contributed by atoms with van der Waals surface area (Å²) in [4.78, 5) is 38.5. The maximum absolute atomic E-state index is 12.5. The standard InChI is InChI=1S/C16H15NO4/c18-6-5-17-15(20)13-10-7-11(19)12(14(13)16(17)21)9-4-2-1-3-8(9)10/h1-4,10,12-14,18H,5-7H2/t10-,12-,13-,14-/m1/s1. The lowest BCUT2D eigenvalue weighted by molar-refractivity contribution is -0.141. The summed E-state index contributed by atoms with van der Waals surface area (Å²) in [6, 6.07) is 7.63. The molecular weight excluding hydrogens is 270 g/mol. The molecule has 4 aliphatic rings. The first-order chi connectivity index (χ1) is 10.1. The summed E-state index contributed by atoms with van der Waals surface area (Å²) >= 11 is 0. The third kappa shape index (κ3) is 1.47. The molecule has 1 heterocycles. The van der Waals surface area contributed by atoms with E-state index in [2.05, 4.69) is 0 Å². The third-order valence-corrected chi connectivity index (χ3v) is 5.10. The number of β-amino-alcohol motifs (C(OH)–C–C–N with tert-alkyl or cyclic N) is 1. The summed E-state index contributed by atoms with van der Waals surface area (Å²) < 4.78 is 0. The summed E-state index contributed by atoms with van der Waals surface area (Å²) in [5.74, 6) is -2.13. The summed E-state index contributed by atoms with van der Waals surface area (Å²) in [6.45, 7) is -0.220. The van der Waals surface area contributed by atoms with Crippen LogP contribution in [0.5, 0.6) is 0 Å². The number of fused-ring (bicyclic) bond motifs is 1. The van der Waals surface area contributed by atoms with Crippen molar-refractivity contribution in [2.24, 2.45) is 11.8 Å². The highest BCUT2D eigenvalue weighted by atomic mass is 16.3. The Labute approximate surface area is 121 Å². The first-order valence-corrected chi connectivity index (χ1v) is 7.22. The highest BCUT2D eigenvalue weighted by Crippen LogP contribution is 2.57. The van der Waals surface area contributed by atoms with Gasteiger partial charge in [-0.05, 0) is 11.1 Å². The van der Waals surface area contributed by atoms with Crippen LogP contribution in [0.3, 0.4) is 0 Å². The molecule has 5 heteroatoms. The van der Waals surface area contributed by atoms with Crippen molar-refractivity contribution < 1.29 is 19.5 Å². The molecule has 2 amide bonds. The molecule has 1 aromatic carbocycles. The molecule has 0 unspecified atom stereocenters. The molecule has 0 radical (unpaired) electrons. The number of amides is 2. The Morgan fingerprint density at radius 3 is 2.43 bits per heavy atom. The van der Waals surface area contributed by atoms with E-state index in [9.17, 15) is 14.4 Å². The first kappa shape index (κ1) is 12.7. The van der Waals surface area contributed by atoms with Crippen molar-refractivity contribution in [1.29, 1.82) is 0 Å². The molecule has 1 saturated carbocycles. The first-order valence-electron chi connectivity index (χ1n) is 7.22. The maximum atomic E-state index is 12.5. The van der Waals surface area contributed by atoms with E-state index < -0.39 is 17.8 Å². The quantitative estimate of drug-likeness (QED) is 0.800. The summed E-state index contributed by atoms with van der Waals surface area (Å²) in [5.41, 5.74) is 1.95. The minimum atomic E-state index is -0.565. The predicted molar refractivity (Wildman–Crippen MR) is 72.3 cm³/mol. The molecule has 0 aromatic heterocycles. The number of rotatable bonds is 2. The van der Waals surface area contributed by atoms with Gasteiger partial charge < -0.3 is 5.11 Å². The topological polar surface area (TPSA) is 74.7 Å². The van der Waals surface area contributed by atoms with Gasteiger partial charge in [-0.1, -0.05) is 24.3 Å². The number of hydrogen-bond donors (Lipinski definition) is 1. The van der Waals surface area contributed by atoms with Gasteiger partial charge in [0, 0.05) is 12.3 Å². The van der Waals surface area contributed by atoms with E-state index in [0.29, 0.717) is 6.42 Å². The lowest BCUT2D eigenvalue weighted by Gasteiger charge is -2.43. The molecule has 21 heavy (non-hydrogen) atoms. The molecule has 1 N–H and O–H groups in total. The van der Waals surface area contributed by atoms with Crippen LogP contribution in [0, 0.1) is 11.8 Å². The maximum Gasteiger partial charge on any atom is 0.234 e. The number of nitrogens with zero attached hydrogens (tertiary/aromatic N) is 1. The van der Waals surface area contributed by atoms with Gasteiger partial charge in [0.05, 0.1) is 30.9 Å². The van der Waals surface area contributed by atoms with Crippen LogP contribution in [0.1, 0.15) is 29.4 Å². The number of Topliss-reactive ketones (excluding diaryl/α,β-unsaturated/α-hetero) is 1. The van der Waals surface area contributed by atoms with Gasteiger partial charge in [-0.15, -0.1) is 0 Å². The average molecular weight is 285 g/mol. The number of carbonyl (C=O) groups excluding carboxylic acids is 3. The smallest absolute Gasteiger partial charge is 0.234 e. The number of hydrogen-bond acceptors (Lipinski definition) is 4. The Morgan fingerprint density at radius 2 is 1.71 bits per heavy atom. The van der Waals surface area contributed by atoms with Gasteiger partial charge in [0.25, 0.3) is 0 Å². The number of carbonyl (C=O) groups is 3. The second-order valence-corrected chi connectivity index (χ2v) is 5.99. The zero-order chi connectivity index (χ0) is 14.7. The number of aliphatic hydroxyl groups excluding tert-OH is 1. The molecule has 1 aromatic rings. The van der Waals surface area contributed by atoms with Crippen LogP contribution in [0.4, 0.5) is 0 Å². The van der Waals surface area contributed by atoms with Crippen LogP contribution in [0.25, 0.3) is 0 Å². The van der Waals surface area contributed by atoms with E-state index in [1.807, 2.05) is 24.3 Å². The number of likely N-dealkylation sites (tertiary alicyclic amines) is 1. The molecule has 5 nitrogen and oxygen atoms in total. The zero-order valence-corrected chi connectivity index (χ0v) is 11.4. The second-order valence-electron chi connectivity index (χ2n) is 5.99. The zero-order valence-electron chi connectivity index (χ0n) is 11.4. The number of imide groups is 1. The SMILES string of the molecule is O=C1C[C@@H]2c3ccccc3[C@H]1[C@H]1C(=O)N(CCO)C(=O)[C@@H]12. The van der Waals surface area contributed by atoms with Crippen molar-refractivity contribution in [3.8, 4) is 0 Å². The van der Waals surface area contributed by atoms with Crippen molar-refractivity contribution in [3.63, 3.8) is 0 Å². The molecule has 0 spiro atoms. The van der Waals surface area contributed by atoms with Gasteiger partial charge in [-0.3, -0.25) is 19.3 Å². The normalized spacial score (nSPS) is 33.4. The van der Waals surface area contributed by atoms with E-state index in [1.165, 1.54) is 0 Å². The Kier molecular flexibility index (Phi) is 2.57. The van der Waals surface area contributed by atoms with Gasteiger partial charge in [-0.25, -0.2) is 0 Å². The molecule has 4 atom stereocenters. The van der Waals surface area contributed by atoms with E-state index in [-0.39, 0.29) is 36.7 Å². The highest BCUT2D eigenvalue weighted by Gasteiger charge is 2.62. The molecular formula is C16H15NO4. The number of benzene rings is 1.